The third-order valence-corrected chi connectivity index (χ3v) is 4.03. The molecule has 1 atom stereocenters. The summed E-state index contributed by atoms with van der Waals surface area (Å²) >= 11 is 0. The Hall–Kier alpha value is -1.29. The minimum absolute atomic E-state index is 0.0922. The van der Waals surface area contributed by atoms with Gasteiger partial charge in [0, 0.05) is 24.5 Å². The molecule has 0 fully saturated rings. The van der Waals surface area contributed by atoms with Crippen molar-refractivity contribution < 1.29 is 4.79 Å². The van der Waals surface area contributed by atoms with Gasteiger partial charge in [-0.3, -0.25) is 4.79 Å². The maximum absolute atomic E-state index is 12.0. The Bertz CT molecular complexity index is 435. The molecule has 106 valence electrons. The molecule has 1 amide bonds. The molecule has 0 aliphatic heterocycles. The Morgan fingerprint density at radius 2 is 2.21 bits per heavy atom. The van der Waals surface area contributed by atoms with E-state index in [1.807, 2.05) is 10.8 Å². The van der Waals surface area contributed by atoms with Crippen LogP contribution in [0.25, 0.3) is 0 Å². The van der Waals surface area contributed by atoms with Gasteiger partial charge >= 0.3 is 0 Å². The number of hydrogen-bond acceptors (Lipinski definition) is 2. The number of carbonyl (C=O) groups excluding carboxylic acids is 1. The zero-order valence-corrected chi connectivity index (χ0v) is 12.0. The van der Waals surface area contributed by atoms with Crippen molar-refractivity contribution in [3.63, 3.8) is 0 Å². The van der Waals surface area contributed by atoms with Gasteiger partial charge in [-0.25, -0.2) is 0 Å². The smallest absolute Gasteiger partial charge is 0.240 e. The van der Waals surface area contributed by atoms with Crippen molar-refractivity contribution in [1.29, 1.82) is 0 Å². The highest BCUT2D eigenvalue weighted by molar-refractivity contribution is 5.76. The first-order valence-electron chi connectivity index (χ1n) is 7.37. The third-order valence-electron chi connectivity index (χ3n) is 4.03. The standard InChI is InChI=1S/C15H25N3O/c1-3-12(4-2)17-15(19)10-18-8-11-6-5-7-14(16)13(11)9-18/h8-9,12,14H,3-7,10,16H2,1-2H3,(H,17,19). The van der Waals surface area contributed by atoms with Gasteiger partial charge in [-0.15, -0.1) is 0 Å². The SMILES string of the molecule is CCC(CC)NC(=O)Cn1cc2c(c1)C(N)CCC2. The quantitative estimate of drug-likeness (QED) is 0.855. The van der Waals surface area contributed by atoms with Gasteiger partial charge in [-0.05, 0) is 43.2 Å². The number of hydrogen-bond donors (Lipinski definition) is 2. The fourth-order valence-corrected chi connectivity index (χ4v) is 2.81. The highest BCUT2D eigenvalue weighted by Gasteiger charge is 2.19. The van der Waals surface area contributed by atoms with Crippen LogP contribution < -0.4 is 11.1 Å². The summed E-state index contributed by atoms with van der Waals surface area (Å²) in [6.45, 7) is 4.60. The molecule has 1 aromatic rings. The molecule has 4 heteroatoms. The molecular formula is C15H25N3O. The van der Waals surface area contributed by atoms with E-state index in [2.05, 4.69) is 25.4 Å². The van der Waals surface area contributed by atoms with Crippen LogP contribution in [-0.2, 0) is 17.8 Å². The number of nitrogens with one attached hydrogen (secondary N) is 1. The van der Waals surface area contributed by atoms with Crippen LogP contribution in [0.5, 0.6) is 0 Å². The number of rotatable bonds is 5. The average molecular weight is 263 g/mol. The molecule has 0 radical (unpaired) electrons. The van der Waals surface area contributed by atoms with Crippen LogP contribution in [0.3, 0.4) is 0 Å². The number of amides is 1. The minimum atomic E-state index is 0.0922. The fraction of sp³-hybridized carbons (Fsp3) is 0.667. The lowest BCUT2D eigenvalue weighted by atomic mass is 9.92. The summed E-state index contributed by atoms with van der Waals surface area (Å²) in [5.41, 5.74) is 8.64. The van der Waals surface area contributed by atoms with E-state index < -0.39 is 0 Å². The molecule has 0 saturated heterocycles. The van der Waals surface area contributed by atoms with Gasteiger partial charge in [-0.1, -0.05) is 13.8 Å². The second-order valence-electron chi connectivity index (χ2n) is 5.49. The molecule has 1 heterocycles. The first kappa shape index (κ1) is 14.1. The summed E-state index contributed by atoms with van der Waals surface area (Å²) in [6.07, 6.45) is 9.39. The first-order valence-corrected chi connectivity index (χ1v) is 7.37. The van der Waals surface area contributed by atoms with Crippen molar-refractivity contribution in [1.82, 2.24) is 9.88 Å². The number of nitrogens with zero attached hydrogens (tertiary/aromatic N) is 1. The Labute approximate surface area is 115 Å². The van der Waals surface area contributed by atoms with E-state index in [-0.39, 0.29) is 11.9 Å². The number of aromatic nitrogens is 1. The monoisotopic (exact) mass is 263 g/mol. The molecule has 1 aromatic heterocycles. The molecule has 0 aromatic carbocycles. The van der Waals surface area contributed by atoms with Crippen molar-refractivity contribution in [3.8, 4) is 0 Å². The van der Waals surface area contributed by atoms with Crippen LogP contribution in [0.4, 0.5) is 0 Å². The Morgan fingerprint density at radius 3 is 2.84 bits per heavy atom. The van der Waals surface area contributed by atoms with Crippen LogP contribution in [0, 0.1) is 0 Å². The number of nitrogens with two attached hydrogens (primary N) is 1. The van der Waals surface area contributed by atoms with E-state index >= 15 is 0 Å². The van der Waals surface area contributed by atoms with Gasteiger partial charge in [0.1, 0.15) is 6.54 Å². The maximum Gasteiger partial charge on any atom is 0.240 e. The van der Waals surface area contributed by atoms with Gasteiger partial charge in [0.25, 0.3) is 0 Å². The van der Waals surface area contributed by atoms with Crippen molar-refractivity contribution in [2.24, 2.45) is 5.73 Å². The largest absolute Gasteiger partial charge is 0.352 e. The Morgan fingerprint density at radius 1 is 1.47 bits per heavy atom. The molecular weight excluding hydrogens is 238 g/mol. The molecule has 2 rings (SSSR count). The molecule has 0 spiro atoms. The molecule has 1 unspecified atom stereocenters. The minimum Gasteiger partial charge on any atom is -0.352 e. The van der Waals surface area contributed by atoms with Crippen LogP contribution in [0.15, 0.2) is 12.4 Å². The summed E-state index contributed by atoms with van der Waals surface area (Å²) < 4.78 is 1.98. The summed E-state index contributed by atoms with van der Waals surface area (Å²) in [5.74, 6) is 0.0922. The number of fused-ring (bicyclic) bond motifs is 1. The first-order chi connectivity index (χ1) is 9.13. The van der Waals surface area contributed by atoms with Crippen molar-refractivity contribution in [3.05, 3.63) is 23.5 Å². The van der Waals surface area contributed by atoms with Gasteiger partial charge < -0.3 is 15.6 Å². The lowest BCUT2D eigenvalue weighted by Gasteiger charge is -2.17. The van der Waals surface area contributed by atoms with Crippen LogP contribution in [0.2, 0.25) is 0 Å². The van der Waals surface area contributed by atoms with E-state index in [0.717, 1.165) is 32.1 Å². The zero-order valence-electron chi connectivity index (χ0n) is 12.0. The third kappa shape index (κ3) is 3.38. The Balaban J connectivity index is 1.98. The average Bonchev–Trinajstić information content (AvgIpc) is 2.79. The molecule has 3 N–H and O–H groups in total. The molecule has 19 heavy (non-hydrogen) atoms. The number of carbonyl (C=O) groups is 1. The summed E-state index contributed by atoms with van der Waals surface area (Å²) in [5, 5.41) is 3.07. The fourth-order valence-electron chi connectivity index (χ4n) is 2.81. The second-order valence-corrected chi connectivity index (χ2v) is 5.49. The van der Waals surface area contributed by atoms with Crippen molar-refractivity contribution in [2.75, 3.05) is 0 Å². The molecule has 0 saturated carbocycles. The van der Waals surface area contributed by atoms with Crippen molar-refractivity contribution >= 4 is 5.91 Å². The molecule has 1 aliphatic rings. The maximum atomic E-state index is 12.0. The van der Waals surface area contributed by atoms with Crippen molar-refractivity contribution in [2.45, 2.75) is 64.6 Å². The highest BCUT2D eigenvalue weighted by atomic mass is 16.2. The van der Waals surface area contributed by atoms with Crippen LogP contribution in [0.1, 0.15) is 56.7 Å². The van der Waals surface area contributed by atoms with E-state index in [1.54, 1.807) is 0 Å². The second kappa shape index (κ2) is 6.24. The van der Waals surface area contributed by atoms with E-state index in [0.29, 0.717) is 12.6 Å². The summed E-state index contributed by atoms with van der Waals surface area (Å²) in [6, 6.07) is 0.437. The predicted molar refractivity (Wildman–Crippen MR) is 76.8 cm³/mol. The van der Waals surface area contributed by atoms with Gasteiger partial charge in [0.2, 0.25) is 5.91 Å². The van der Waals surface area contributed by atoms with E-state index in [4.69, 9.17) is 5.73 Å². The highest BCUT2D eigenvalue weighted by Crippen LogP contribution is 2.28. The molecule has 1 aliphatic carbocycles. The topological polar surface area (TPSA) is 60.0 Å². The van der Waals surface area contributed by atoms with Crippen LogP contribution in [-0.4, -0.2) is 16.5 Å². The molecule has 4 nitrogen and oxygen atoms in total. The Kier molecular flexibility index (Phi) is 4.64. The van der Waals surface area contributed by atoms with Gasteiger partial charge in [0.05, 0.1) is 0 Å². The zero-order chi connectivity index (χ0) is 13.8. The van der Waals surface area contributed by atoms with Gasteiger partial charge in [0.15, 0.2) is 0 Å². The van der Waals surface area contributed by atoms with E-state index in [9.17, 15) is 4.79 Å². The summed E-state index contributed by atoms with van der Waals surface area (Å²) in [7, 11) is 0. The van der Waals surface area contributed by atoms with Crippen LogP contribution >= 0.6 is 0 Å². The van der Waals surface area contributed by atoms with E-state index in [1.165, 1.54) is 11.1 Å². The lowest BCUT2D eigenvalue weighted by molar-refractivity contribution is -0.122. The summed E-state index contributed by atoms with van der Waals surface area (Å²) in [4.78, 5) is 12.0. The normalized spacial score (nSPS) is 18.4. The van der Waals surface area contributed by atoms with Gasteiger partial charge in [-0.2, -0.15) is 0 Å². The predicted octanol–water partition coefficient (Wildman–Crippen LogP) is 2.13. The lowest BCUT2D eigenvalue weighted by Crippen LogP contribution is -2.36. The number of aryl methyl sites for hydroxylation is 1. The molecule has 0 bridgehead atoms.